The smallest absolute Gasteiger partial charge is 0.222 e. The molecule has 0 aliphatic carbocycles. The lowest BCUT2D eigenvalue weighted by Gasteiger charge is -2.37. The van der Waals surface area contributed by atoms with Crippen LogP contribution in [0.3, 0.4) is 0 Å². The number of amides is 1. The van der Waals surface area contributed by atoms with Crippen LogP contribution >= 0.6 is 0 Å². The molecule has 1 aromatic carbocycles. The van der Waals surface area contributed by atoms with Crippen molar-refractivity contribution in [1.82, 2.24) is 25.2 Å². The molecule has 0 saturated carbocycles. The molecule has 5 rings (SSSR count). The molecule has 3 saturated heterocycles. The molecule has 8 nitrogen and oxygen atoms in total. The first-order valence-electron chi connectivity index (χ1n) is 13.2. The zero-order valence-corrected chi connectivity index (χ0v) is 20.7. The van der Waals surface area contributed by atoms with Crippen LogP contribution in [-0.4, -0.2) is 91.3 Å². The van der Waals surface area contributed by atoms with Crippen molar-refractivity contribution in [3.8, 4) is 0 Å². The minimum Gasteiger partial charge on any atom is -0.379 e. The van der Waals surface area contributed by atoms with Gasteiger partial charge in [0.25, 0.3) is 0 Å². The van der Waals surface area contributed by atoms with E-state index in [4.69, 9.17) is 9.26 Å². The fourth-order valence-electron chi connectivity index (χ4n) is 5.61. The van der Waals surface area contributed by atoms with Gasteiger partial charge < -0.3 is 19.5 Å². The van der Waals surface area contributed by atoms with E-state index in [2.05, 4.69) is 61.6 Å². The van der Waals surface area contributed by atoms with Crippen molar-refractivity contribution in [2.45, 2.75) is 32.4 Å². The number of benzene rings is 1. The number of ether oxygens (including phenoxy) is 1. The largest absolute Gasteiger partial charge is 0.379 e. The average Bonchev–Trinajstić information content (AvgIpc) is 3.33. The zero-order chi connectivity index (χ0) is 23.9. The first-order chi connectivity index (χ1) is 17.2. The van der Waals surface area contributed by atoms with Crippen molar-refractivity contribution >= 4 is 5.91 Å². The first-order valence-corrected chi connectivity index (χ1v) is 13.2. The van der Waals surface area contributed by atoms with Gasteiger partial charge in [0.1, 0.15) is 0 Å². The highest BCUT2D eigenvalue weighted by atomic mass is 16.5. The normalized spacial score (nSPS) is 24.5. The Labute approximate surface area is 208 Å². The summed E-state index contributed by atoms with van der Waals surface area (Å²) in [6, 6.07) is 12.7. The van der Waals surface area contributed by atoms with E-state index in [1.165, 1.54) is 5.56 Å². The van der Waals surface area contributed by atoms with Crippen LogP contribution in [0.15, 0.2) is 40.9 Å². The summed E-state index contributed by atoms with van der Waals surface area (Å²) in [5.41, 5.74) is 2.35. The maximum absolute atomic E-state index is 13.2. The summed E-state index contributed by atoms with van der Waals surface area (Å²) >= 11 is 0. The standard InChI is InChI=1S/C27H39N5O3/c33-27(32-10-8-30(9-11-32)20-22-4-2-1-3-5-22)17-23-6-7-28-19-24(23)16-25-18-26(35-29-25)21-31-12-14-34-15-13-31/h1-5,18,23-24,28H,6-17,19-21H2/t23-,24+/m1/s1. The summed E-state index contributed by atoms with van der Waals surface area (Å²) in [5.74, 6) is 2.04. The number of nitrogens with zero attached hydrogens (tertiary/aromatic N) is 4. The zero-order valence-electron chi connectivity index (χ0n) is 20.7. The summed E-state index contributed by atoms with van der Waals surface area (Å²) in [7, 11) is 0. The third-order valence-corrected chi connectivity index (χ3v) is 7.74. The van der Waals surface area contributed by atoms with Gasteiger partial charge in [0.2, 0.25) is 5.91 Å². The number of morpholine rings is 1. The van der Waals surface area contributed by atoms with E-state index in [9.17, 15) is 4.79 Å². The minimum absolute atomic E-state index is 0.314. The summed E-state index contributed by atoms with van der Waals surface area (Å²) < 4.78 is 11.1. The first kappa shape index (κ1) is 24.4. The Morgan fingerprint density at radius 3 is 2.54 bits per heavy atom. The second kappa shape index (κ2) is 12.1. The Bertz CT molecular complexity index is 922. The number of piperidine rings is 1. The third kappa shape index (κ3) is 6.91. The highest BCUT2D eigenvalue weighted by Gasteiger charge is 2.31. The number of rotatable bonds is 8. The van der Waals surface area contributed by atoms with Crippen molar-refractivity contribution in [2.24, 2.45) is 11.8 Å². The SMILES string of the molecule is O=C(C[C@H]1CCNC[C@@H]1Cc1cc(CN2CCOCC2)on1)N1CCN(Cc2ccccc2)CC1. The number of piperazine rings is 1. The fraction of sp³-hybridized carbons (Fsp3) is 0.630. The van der Waals surface area contributed by atoms with Gasteiger partial charge in [-0.1, -0.05) is 35.5 Å². The fourth-order valence-corrected chi connectivity index (χ4v) is 5.61. The van der Waals surface area contributed by atoms with Crippen molar-refractivity contribution in [1.29, 1.82) is 0 Å². The summed E-state index contributed by atoms with van der Waals surface area (Å²) in [6.07, 6.45) is 2.55. The van der Waals surface area contributed by atoms with E-state index in [-0.39, 0.29) is 0 Å². The molecule has 3 aliphatic heterocycles. The highest BCUT2D eigenvalue weighted by molar-refractivity contribution is 5.76. The number of hydrogen-bond donors (Lipinski definition) is 1. The molecule has 1 N–H and O–H groups in total. The molecule has 2 aromatic rings. The summed E-state index contributed by atoms with van der Waals surface area (Å²) in [4.78, 5) is 20.1. The van der Waals surface area contributed by atoms with Gasteiger partial charge in [-0.05, 0) is 43.3 Å². The molecule has 1 aromatic heterocycles. The molecule has 190 valence electrons. The van der Waals surface area contributed by atoms with Gasteiger partial charge in [-0.15, -0.1) is 0 Å². The van der Waals surface area contributed by atoms with Crippen LogP contribution < -0.4 is 5.32 Å². The summed E-state index contributed by atoms with van der Waals surface area (Å²) in [6.45, 7) is 10.7. The molecule has 0 unspecified atom stereocenters. The molecular weight excluding hydrogens is 442 g/mol. The predicted molar refractivity (Wildman–Crippen MR) is 134 cm³/mol. The van der Waals surface area contributed by atoms with E-state index in [1.54, 1.807) is 0 Å². The van der Waals surface area contributed by atoms with E-state index >= 15 is 0 Å². The molecule has 35 heavy (non-hydrogen) atoms. The Kier molecular flexibility index (Phi) is 8.46. The monoisotopic (exact) mass is 481 g/mol. The minimum atomic E-state index is 0.314. The molecule has 0 bridgehead atoms. The van der Waals surface area contributed by atoms with Crippen LogP contribution in [0.25, 0.3) is 0 Å². The maximum atomic E-state index is 13.2. The van der Waals surface area contributed by atoms with Crippen molar-refractivity contribution in [3.63, 3.8) is 0 Å². The van der Waals surface area contributed by atoms with Crippen LogP contribution in [0.1, 0.15) is 29.9 Å². The molecule has 3 aliphatic rings. The highest BCUT2D eigenvalue weighted by Crippen LogP contribution is 2.27. The van der Waals surface area contributed by atoms with Gasteiger partial charge in [0.15, 0.2) is 5.76 Å². The van der Waals surface area contributed by atoms with Gasteiger partial charge >= 0.3 is 0 Å². The third-order valence-electron chi connectivity index (χ3n) is 7.74. The van der Waals surface area contributed by atoms with Gasteiger partial charge in [-0.2, -0.15) is 0 Å². The van der Waals surface area contributed by atoms with E-state index < -0.39 is 0 Å². The van der Waals surface area contributed by atoms with Crippen molar-refractivity contribution in [2.75, 3.05) is 65.6 Å². The van der Waals surface area contributed by atoms with Gasteiger partial charge in [0, 0.05) is 58.3 Å². The Balaban J connectivity index is 1.09. The van der Waals surface area contributed by atoms with Crippen molar-refractivity contribution < 1.29 is 14.1 Å². The van der Waals surface area contributed by atoms with Crippen LogP contribution in [-0.2, 0) is 29.0 Å². The summed E-state index contributed by atoms with van der Waals surface area (Å²) in [5, 5.41) is 7.89. The van der Waals surface area contributed by atoms with Crippen molar-refractivity contribution in [3.05, 3.63) is 53.4 Å². The average molecular weight is 482 g/mol. The molecule has 0 spiro atoms. The second-order valence-electron chi connectivity index (χ2n) is 10.2. The predicted octanol–water partition coefficient (Wildman–Crippen LogP) is 2.01. The van der Waals surface area contributed by atoms with E-state index in [0.29, 0.717) is 24.2 Å². The lowest BCUT2D eigenvalue weighted by atomic mass is 9.81. The van der Waals surface area contributed by atoms with Crippen LogP contribution in [0.5, 0.6) is 0 Å². The lowest BCUT2D eigenvalue weighted by molar-refractivity contribution is -0.134. The Morgan fingerprint density at radius 1 is 0.971 bits per heavy atom. The van der Waals surface area contributed by atoms with Gasteiger partial charge in [-0.3, -0.25) is 14.6 Å². The van der Waals surface area contributed by atoms with Crippen LogP contribution in [0.2, 0.25) is 0 Å². The lowest BCUT2D eigenvalue weighted by Crippen LogP contribution is -2.49. The van der Waals surface area contributed by atoms with Gasteiger partial charge in [-0.25, -0.2) is 0 Å². The number of carbonyl (C=O) groups excluding carboxylic acids is 1. The Hall–Kier alpha value is -2.26. The quantitative estimate of drug-likeness (QED) is 0.618. The molecular formula is C27H39N5O3. The van der Waals surface area contributed by atoms with E-state index in [0.717, 1.165) is 103 Å². The number of aromatic nitrogens is 1. The number of hydrogen-bond acceptors (Lipinski definition) is 7. The molecule has 3 fully saturated rings. The van der Waals surface area contributed by atoms with Crippen LogP contribution in [0.4, 0.5) is 0 Å². The molecule has 4 heterocycles. The molecule has 2 atom stereocenters. The number of nitrogens with one attached hydrogen (secondary N) is 1. The molecule has 8 heteroatoms. The molecule has 1 amide bonds. The van der Waals surface area contributed by atoms with Gasteiger partial charge in [0.05, 0.1) is 25.5 Å². The van der Waals surface area contributed by atoms with Crippen LogP contribution in [0, 0.1) is 11.8 Å². The maximum Gasteiger partial charge on any atom is 0.222 e. The Morgan fingerprint density at radius 2 is 1.74 bits per heavy atom. The number of carbonyl (C=O) groups is 1. The topological polar surface area (TPSA) is 74.1 Å². The second-order valence-corrected chi connectivity index (χ2v) is 10.2. The van der Waals surface area contributed by atoms with E-state index in [1.807, 2.05) is 0 Å². The molecule has 0 radical (unpaired) electrons.